The Morgan fingerprint density at radius 1 is 1.04 bits per heavy atom. The van der Waals surface area contributed by atoms with Crippen molar-refractivity contribution in [1.29, 1.82) is 0 Å². The Bertz CT molecular complexity index is 1180. The van der Waals surface area contributed by atoms with E-state index in [0.717, 1.165) is 43.6 Å². The molecule has 0 aliphatic rings. The number of carboxylic acids is 1. The number of para-hydroxylation sites is 1. The zero-order valence-corrected chi connectivity index (χ0v) is 16.3. The summed E-state index contributed by atoms with van der Waals surface area (Å²) in [6.07, 6.45) is -0.0191. The number of carboxylic acid groups (broad SMARTS) is 1. The lowest BCUT2D eigenvalue weighted by atomic mass is 10.1. The van der Waals surface area contributed by atoms with Crippen LogP contribution in [0.15, 0.2) is 65.6 Å². The third-order valence-electron chi connectivity index (χ3n) is 4.78. The van der Waals surface area contributed by atoms with Crippen LogP contribution in [-0.4, -0.2) is 21.4 Å². The molecule has 3 nitrogen and oxygen atoms in total. The molecular weight excluding hydrogens is 373 g/mol. The van der Waals surface area contributed by atoms with Crippen molar-refractivity contribution in [3.05, 3.63) is 77.6 Å². The van der Waals surface area contributed by atoms with Gasteiger partial charge in [0.05, 0.1) is 11.9 Å². The molecule has 0 amide bonds. The van der Waals surface area contributed by atoms with Crippen LogP contribution in [0.2, 0.25) is 0 Å². The lowest BCUT2D eigenvalue weighted by Crippen LogP contribution is -2.03. The van der Waals surface area contributed by atoms with Crippen LogP contribution in [0.5, 0.6) is 0 Å². The number of carbonyl (C=O) groups is 1. The van der Waals surface area contributed by atoms with E-state index in [-0.39, 0.29) is 12.2 Å². The van der Waals surface area contributed by atoms with Crippen LogP contribution in [-0.2, 0) is 17.8 Å². The lowest BCUT2D eigenvalue weighted by molar-refractivity contribution is -0.136. The molecule has 0 saturated carbocycles. The van der Waals surface area contributed by atoms with Gasteiger partial charge < -0.3 is 9.67 Å². The van der Waals surface area contributed by atoms with Crippen molar-refractivity contribution in [3.8, 4) is 0 Å². The van der Waals surface area contributed by atoms with Gasteiger partial charge in [0.2, 0.25) is 0 Å². The number of benzene rings is 3. The molecule has 142 valence electrons. The molecule has 1 aromatic heterocycles. The molecule has 4 rings (SSSR count). The number of thioether (sulfide) groups is 1. The number of aliphatic carboxylic acids is 1. The van der Waals surface area contributed by atoms with Crippen LogP contribution in [0, 0.1) is 5.82 Å². The zero-order chi connectivity index (χ0) is 19.7. The summed E-state index contributed by atoms with van der Waals surface area (Å²) in [5, 5.41) is 11.5. The molecule has 5 heteroatoms. The topological polar surface area (TPSA) is 42.2 Å². The number of halogens is 1. The summed E-state index contributed by atoms with van der Waals surface area (Å²) in [7, 11) is 0. The van der Waals surface area contributed by atoms with E-state index < -0.39 is 5.97 Å². The quantitative estimate of drug-likeness (QED) is 0.426. The highest BCUT2D eigenvalue weighted by Gasteiger charge is 2.16. The van der Waals surface area contributed by atoms with Gasteiger partial charge in [-0.05, 0) is 47.2 Å². The molecule has 0 fully saturated rings. The molecule has 0 atom stereocenters. The molecule has 28 heavy (non-hydrogen) atoms. The number of nitrogens with zero attached hydrogens (tertiary/aromatic N) is 1. The first-order valence-corrected chi connectivity index (χ1v) is 10.2. The summed E-state index contributed by atoms with van der Waals surface area (Å²) in [6, 6.07) is 18.7. The summed E-state index contributed by atoms with van der Waals surface area (Å²) in [5.74, 6) is -0.207. The van der Waals surface area contributed by atoms with E-state index in [2.05, 4.69) is 23.6 Å². The summed E-state index contributed by atoms with van der Waals surface area (Å²) in [4.78, 5) is 12.4. The highest BCUT2D eigenvalue weighted by molar-refractivity contribution is 7.99. The van der Waals surface area contributed by atoms with Crippen LogP contribution >= 0.6 is 11.8 Å². The van der Waals surface area contributed by atoms with E-state index >= 15 is 0 Å². The van der Waals surface area contributed by atoms with Crippen molar-refractivity contribution in [3.63, 3.8) is 0 Å². The van der Waals surface area contributed by atoms with Gasteiger partial charge in [0.1, 0.15) is 5.82 Å². The smallest absolute Gasteiger partial charge is 0.307 e. The van der Waals surface area contributed by atoms with Gasteiger partial charge in [-0.1, -0.05) is 37.3 Å². The average molecular weight is 393 g/mol. The Balaban J connectivity index is 2.00. The predicted octanol–water partition coefficient (Wildman–Crippen LogP) is 5.72. The Kier molecular flexibility index (Phi) is 5.09. The third-order valence-corrected chi connectivity index (χ3v) is 5.70. The van der Waals surface area contributed by atoms with Gasteiger partial charge in [0.15, 0.2) is 0 Å². The van der Waals surface area contributed by atoms with Crippen molar-refractivity contribution in [1.82, 2.24) is 4.57 Å². The first kappa shape index (κ1) is 18.6. The minimum Gasteiger partial charge on any atom is -0.481 e. The Morgan fingerprint density at radius 3 is 2.61 bits per heavy atom. The average Bonchev–Trinajstić information content (AvgIpc) is 2.96. The molecule has 0 aliphatic heterocycles. The second-order valence-electron chi connectivity index (χ2n) is 6.72. The second-order valence-corrected chi connectivity index (χ2v) is 8.03. The number of aromatic nitrogens is 1. The third kappa shape index (κ3) is 3.50. The van der Waals surface area contributed by atoms with E-state index in [1.165, 1.54) is 6.07 Å². The number of rotatable bonds is 6. The summed E-state index contributed by atoms with van der Waals surface area (Å²) >= 11 is 1.72. The molecule has 0 saturated heterocycles. The minimum absolute atomic E-state index is 0.0191. The standard InChI is InChI=1S/C23H20FNO2S/c1-2-28-21-12-16(13-22(26)27)11-20-23(21)18-8-3-4-9-19(18)25(20)14-15-6-5-7-17(24)10-15/h3-12H,2,13-14H2,1H3,(H,26,27). The van der Waals surface area contributed by atoms with Crippen molar-refractivity contribution >= 4 is 39.5 Å². The number of fused-ring (bicyclic) bond motifs is 3. The summed E-state index contributed by atoms with van der Waals surface area (Å²) in [6.45, 7) is 2.61. The lowest BCUT2D eigenvalue weighted by Gasteiger charge is -2.10. The summed E-state index contributed by atoms with van der Waals surface area (Å²) in [5.41, 5.74) is 3.70. The maximum Gasteiger partial charge on any atom is 0.307 e. The van der Waals surface area contributed by atoms with Gasteiger partial charge in [-0.3, -0.25) is 4.79 Å². The molecule has 1 N–H and O–H groups in total. The van der Waals surface area contributed by atoms with E-state index in [1.807, 2.05) is 30.3 Å². The van der Waals surface area contributed by atoms with E-state index in [1.54, 1.807) is 23.9 Å². The van der Waals surface area contributed by atoms with Gasteiger partial charge >= 0.3 is 5.97 Å². The highest BCUT2D eigenvalue weighted by Crippen LogP contribution is 2.37. The predicted molar refractivity (Wildman–Crippen MR) is 113 cm³/mol. The number of hydrogen-bond acceptors (Lipinski definition) is 2. The van der Waals surface area contributed by atoms with E-state index in [0.29, 0.717) is 6.54 Å². The van der Waals surface area contributed by atoms with Crippen molar-refractivity contribution < 1.29 is 14.3 Å². The normalized spacial score (nSPS) is 11.4. The van der Waals surface area contributed by atoms with E-state index in [4.69, 9.17) is 0 Å². The molecule has 0 spiro atoms. The van der Waals surface area contributed by atoms with Gasteiger partial charge in [-0.15, -0.1) is 11.8 Å². The molecule has 0 radical (unpaired) electrons. The van der Waals surface area contributed by atoms with Crippen LogP contribution in [0.3, 0.4) is 0 Å². The van der Waals surface area contributed by atoms with Gasteiger partial charge in [0, 0.05) is 27.7 Å². The monoisotopic (exact) mass is 393 g/mol. The molecular formula is C23H20FNO2S. The first-order valence-electron chi connectivity index (χ1n) is 9.19. The van der Waals surface area contributed by atoms with Crippen molar-refractivity contribution in [2.45, 2.75) is 24.8 Å². The van der Waals surface area contributed by atoms with Gasteiger partial charge in [-0.2, -0.15) is 0 Å². The van der Waals surface area contributed by atoms with Crippen LogP contribution in [0.4, 0.5) is 4.39 Å². The number of hydrogen-bond donors (Lipinski definition) is 1. The van der Waals surface area contributed by atoms with Crippen molar-refractivity contribution in [2.75, 3.05) is 5.75 Å². The fourth-order valence-corrected chi connectivity index (χ4v) is 4.63. The van der Waals surface area contributed by atoms with Crippen LogP contribution in [0.25, 0.3) is 21.8 Å². The maximum absolute atomic E-state index is 13.7. The SMILES string of the molecule is CCSc1cc(CC(=O)O)cc2c1c1ccccc1n2Cc1cccc(F)c1. The minimum atomic E-state index is -0.848. The molecule has 1 heterocycles. The highest BCUT2D eigenvalue weighted by atomic mass is 32.2. The summed E-state index contributed by atoms with van der Waals surface area (Å²) < 4.78 is 15.9. The zero-order valence-electron chi connectivity index (χ0n) is 15.5. The second kappa shape index (κ2) is 7.68. The molecule has 0 aliphatic carbocycles. The Labute approximate surface area is 166 Å². The van der Waals surface area contributed by atoms with E-state index in [9.17, 15) is 14.3 Å². The fraction of sp³-hybridized carbons (Fsp3) is 0.174. The van der Waals surface area contributed by atoms with Crippen LogP contribution < -0.4 is 0 Å². The molecule has 0 unspecified atom stereocenters. The maximum atomic E-state index is 13.7. The molecule has 4 aromatic rings. The fourth-order valence-electron chi connectivity index (χ4n) is 3.72. The van der Waals surface area contributed by atoms with Gasteiger partial charge in [-0.25, -0.2) is 4.39 Å². The van der Waals surface area contributed by atoms with Crippen LogP contribution in [0.1, 0.15) is 18.1 Å². The molecule has 0 bridgehead atoms. The van der Waals surface area contributed by atoms with Gasteiger partial charge in [0.25, 0.3) is 0 Å². The first-order chi connectivity index (χ1) is 13.6. The largest absolute Gasteiger partial charge is 0.481 e. The Hall–Kier alpha value is -2.79. The Morgan fingerprint density at radius 2 is 1.86 bits per heavy atom. The van der Waals surface area contributed by atoms with Crippen molar-refractivity contribution in [2.24, 2.45) is 0 Å². The molecule has 3 aromatic carbocycles.